The Balaban J connectivity index is 2.71. The molecular weight excluding hydrogens is 273 g/mol. The standard InChI is InChI=1S/C13H10ClFNO3/c1-19-13(17)11-6-9(14)7-16(18)12(11)8-3-2-4-10(15)5-8/h2-7,18H,1H3/q+1. The third-order valence-corrected chi connectivity index (χ3v) is 2.72. The number of nitrogens with zero attached hydrogens (tertiary/aromatic N) is 1. The summed E-state index contributed by atoms with van der Waals surface area (Å²) in [6, 6.07) is 6.84. The highest BCUT2D eigenvalue weighted by atomic mass is 35.5. The predicted octanol–water partition coefficient (Wildman–Crippen LogP) is 2.46. The highest BCUT2D eigenvalue weighted by Gasteiger charge is 2.26. The molecule has 0 aliphatic rings. The molecule has 2 rings (SSSR count). The van der Waals surface area contributed by atoms with Crippen LogP contribution < -0.4 is 4.73 Å². The van der Waals surface area contributed by atoms with Crippen molar-refractivity contribution in [2.45, 2.75) is 0 Å². The van der Waals surface area contributed by atoms with Gasteiger partial charge in [0, 0.05) is 4.73 Å². The molecule has 0 spiro atoms. The van der Waals surface area contributed by atoms with Crippen LogP contribution in [0.1, 0.15) is 10.4 Å². The summed E-state index contributed by atoms with van der Waals surface area (Å²) in [7, 11) is 1.21. The number of pyridine rings is 1. The smallest absolute Gasteiger partial charge is 0.344 e. The Kier molecular flexibility index (Phi) is 3.66. The number of hydrogen-bond donors (Lipinski definition) is 1. The number of carbonyl (C=O) groups is 1. The van der Waals surface area contributed by atoms with Gasteiger partial charge in [0.25, 0.3) is 5.69 Å². The maximum Gasteiger partial charge on any atom is 0.344 e. The normalized spacial score (nSPS) is 10.3. The molecule has 0 radical (unpaired) electrons. The summed E-state index contributed by atoms with van der Waals surface area (Å²) in [6.45, 7) is 0. The van der Waals surface area contributed by atoms with Crippen LogP contribution in [-0.2, 0) is 4.74 Å². The minimum Gasteiger partial charge on any atom is -0.465 e. The third kappa shape index (κ3) is 2.66. The summed E-state index contributed by atoms with van der Waals surface area (Å²) in [5.41, 5.74) is 0.485. The maximum atomic E-state index is 13.2. The molecule has 1 aromatic heterocycles. The number of ether oxygens (including phenoxy) is 1. The molecule has 0 saturated carbocycles. The number of aromatic nitrogens is 1. The first kappa shape index (κ1) is 13.3. The van der Waals surface area contributed by atoms with E-state index in [0.717, 1.165) is 0 Å². The second kappa shape index (κ2) is 5.24. The van der Waals surface area contributed by atoms with E-state index in [1.54, 1.807) is 6.07 Å². The van der Waals surface area contributed by atoms with Crippen LogP contribution in [0.5, 0.6) is 0 Å². The second-order valence-corrected chi connectivity index (χ2v) is 4.20. The van der Waals surface area contributed by atoms with Gasteiger partial charge in [-0.25, -0.2) is 9.18 Å². The molecule has 0 atom stereocenters. The Labute approximate surface area is 113 Å². The highest BCUT2D eigenvalue weighted by molar-refractivity contribution is 6.30. The monoisotopic (exact) mass is 282 g/mol. The zero-order chi connectivity index (χ0) is 14.0. The van der Waals surface area contributed by atoms with Crippen LogP contribution in [0, 0.1) is 5.82 Å². The van der Waals surface area contributed by atoms with E-state index in [9.17, 15) is 14.4 Å². The molecule has 98 valence electrons. The molecule has 4 nitrogen and oxygen atoms in total. The van der Waals surface area contributed by atoms with Gasteiger partial charge in [-0.2, -0.15) is 0 Å². The van der Waals surface area contributed by atoms with Crippen molar-refractivity contribution in [1.82, 2.24) is 0 Å². The second-order valence-electron chi connectivity index (χ2n) is 3.77. The highest BCUT2D eigenvalue weighted by Crippen LogP contribution is 2.23. The van der Waals surface area contributed by atoms with Gasteiger partial charge in [0.15, 0.2) is 0 Å². The number of hydrogen-bond acceptors (Lipinski definition) is 3. The number of halogens is 2. The lowest BCUT2D eigenvalue weighted by atomic mass is 10.1. The summed E-state index contributed by atoms with van der Waals surface area (Å²) < 4.78 is 18.5. The summed E-state index contributed by atoms with van der Waals surface area (Å²) >= 11 is 5.78. The summed E-state index contributed by atoms with van der Waals surface area (Å²) in [5, 5.41) is 10.0. The van der Waals surface area contributed by atoms with Gasteiger partial charge >= 0.3 is 5.97 Å². The molecule has 0 bridgehead atoms. The van der Waals surface area contributed by atoms with E-state index in [0.29, 0.717) is 10.3 Å². The van der Waals surface area contributed by atoms with Gasteiger partial charge < -0.3 is 4.74 Å². The number of methoxy groups -OCH3 is 1. The van der Waals surface area contributed by atoms with E-state index < -0.39 is 11.8 Å². The molecule has 0 aliphatic heterocycles. The van der Waals surface area contributed by atoms with Crippen LogP contribution in [0.4, 0.5) is 4.39 Å². The van der Waals surface area contributed by atoms with Crippen LogP contribution in [-0.4, -0.2) is 18.3 Å². The fourth-order valence-electron chi connectivity index (χ4n) is 1.74. The van der Waals surface area contributed by atoms with Crippen molar-refractivity contribution in [3.63, 3.8) is 0 Å². The fraction of sp³-hybridized carbons (Fsp3) is 0.0769. The minimum absolute atomic E-state index is 0.0445. The van der Waals surface area contributed by atoms with Crippen molar-refractivity contribution in [3.8, 4) is 11.3 Å². The van der Waals surface area contributed by atoms with E-state index in [4.69, 9.17) is 11.6 Å². The molecule has 0 aliphatic carbocycles. The summed E-state index contributed by atoms with van der Waals surface area (Å²) in [5.74, 6) is -1.16. The van der Waals surface area contributed by atoms with Crippen molar-refractivity contribution in [3.05, 3.63) is 52.9 Å². The van der Waals surface area contributed by atoms with Crippen LogP contribution in [0.3, 0.4) is 0 Å². The Bertz CT molecular complexity index is 646. The molecular formula is C13H10ClFNO3+. The van der Waals surface area contributed by atoms with Gasteiger partial charge in [-0.1, -0.05) is 17.7 Å². The largest absolute Gasteiger partial charge is 0.465 e. The van der Waals surface area contributed by atoms with E-state index in [1.807, 2.05) is 0 Å². The topological polar surface area (TPSA) is 50.4 Å². The molecule has 0 fully saturated rings. The van der Waals surface area contributed by atoms with Gasteiger partial charge in [0.2, 0.25) is 6.20 Å². The van der Waals surface area contributed by atoms with Gasteiger partial charge in [-0.15, -0.1) is 0 Å². The van der Waals surface area contributed by atoms with Crippen molar-refractivity contribution in [2.24, 2.45) is 0 Å². The lowest BCUT2D eigenvalue weighted by Crippen LogP contribution is -2.34. The molecule has 6 heteroatoms. The van der Waals surface area contributed by atoms with Crippen molar-refractivity contribution in [1.29, 1.82) is 0 Å². The number of carbonyl (C=O) groups excluding carboxylic acids is 1. The summed E-state index contributed by atoms with van der Waals surface area (Å²) in [6.07, 6.45) is 1.20. The first-order valence-electron chi connectivity index (χ1n) is 5.31. The van der Waals surface area contributed by atoms with Gasteiger partial charge in [0.1, 0.15) is 16.4 Å². The van der Waals surface area contributed by atoms with E-state index in [1.165, 1.54) is 37.6 Å². The van der Waals surface area contributed by atoms with Crippen molar-refractivity contribution in [2.75, 3.05) is 7.11 Å². The first-order chi connectivity index (χ1) is 9.02. The molecule has 1 N–H and O–H groups in total. The fourth-order valence-corrected chi connectivity index (χ4v) is 1.94. The van der Waals surface area contributed by atoms with Gasteiger partial charge in [0.05, 0.1) is 12.7 Å². The maximum absolute atomic E-state index is 13.2. The average molecular weight is 283 g/mol. The van der Waals surface area contributed by atoms with Crippen molar-refractivity contribution >= 4 is 17.6 Å². The Morgan fingerprint density at radius 1 is 1.42 bits per heavy atom. The Hall–Kier alpha value is -2.14. The number of esters is 1. The quantitative estimate of drug-likeness (QED) is 0.523. The molecule has 1 heterocycles. The van der Waals surface area contributed by atoms with Gasteiger partial charge in [-0.3, -0.25) is 5.21 Å². The first-order valence-corrected chi connectivity index (χ1v) is 5.69. The van der Waals surface area contributed by atoms with E-state index >= 15 is 0 Å². The van der Waals surface area contributed by atoms with Crippen LogP contribution >= 0.6 is 11.6 Å². The third-order valence-electron chi connectivity index (χ3n) is 2.52. The van der Waals surface area contributed by atoms with Crippen LogP contribution in [0.2, 0.25) is 5.02 Å². The van der Waals surface area contributed by atoms with Crippen LogP contribution in [0.15, 0.2) is 36.5 Å². The minimum atomic E-state index is -0.676. The Morgan fingerprint density at radius 2 is 2.16 bits per heavy atom. The molecule has 2 aromatic rings. The van der Waals surface area contributed by atoms with E-state index in [2.05, 4.69) is 4.74 Å². The average Bonchev–Trinajstić information content (AvgIpc) is 2.36. The summed E-state index contributed by atoms with van der Waals surface area (Å²) in [4.78, 5) is 11.7. The van der Waals surface area contributed by atoms with Crippen LogP contribution in [0.25, 0.3) is 11.3 Å². The molecule has 0 saturated heterocycles. The molecule has 0 unspecified atom stereocenters. The molecule has 1 aromatic carbocycles. The lowest BCUT2D eigenvalue weighted by Gasteiger charge is -2.04. The number of rotatable bonds is 2. The zero-order valence-electron chi connectivity index (χ0n) is 9.93. The zero-order valence-corrected chi connectivity index (χ0v) is 10.7. The lowest BCUT2D eigenvalue weighted by molar-refractivity contribution is -0.896. The molecule has 0 amide bonds. The number of benzene rings is 1. The molecule has 19 heavy (non-hydrogen) atoms. The predicted molar refractivity (Wildman–Crippen MR) is 65.6 cm³/mol. The SMILES string of the molecule is COC(=O)c1cc(Cl)c[n+](O)c1-c1cccc(F)c1. The van der Waals surface area contributed by atoms with E-state index in [-0.39, 0.29) is 16.3 Å². The Morgan fingerprint density at radius 3 is 2.79 bits per heavy atom. The van der Waals surface area contributed by atoms with Crippen molar-refractivity contribution < 1.29 is 23.9 Å². The van der Waals surface area contributed by atoms with Gasteiger partial charge in [-0.05, 0) is 24.3 Å².